The Morgan fingerprint density at radius 1 is 1.35 bits per heavy atom. The molecule has 1 aromatic carbocycles. The largest absolute Gasteiger partial charge is 0.296 e. The Hall–Kier alpha value is -1.33. The lowest BCUT2D eigenvalue weighted by Gasteiger charge is -2.07. The molecule has 0 bridgehead atoms. The lowest BCUT2D eigenvalue weighted by molar-refractivity contribution is 0.346. The van der Waals surface area contributed by atoms with Gasteiger partial charge in [-0.15, -0.1) is 0 Å². The summed E-state index contributed by atoms with van der Waals surface area (Å²) in [7, 11) is 2.01. The van der Waals surface area contributed by atoms with Gasteiger partial charge in [0.25, 0.3) is 5.56 Å². The molecule has 17 heavy (non-hydrogen) atoms. The second kappa shape index (κ2) is 3.85. The van der Waals surface area contributed by atoms with Crippen molar-refractivity contribution >= 4 is 15.9 Å². The van der Waals surface area contributed by atoms with E-state index in [-0.39, 0.29) is 5.56 Å². The van der Waals surface area contributed by atoms with Crippen molar-refractivity contribution in [3.63, 3.8) is 0 Å². The summed E-state index contributed by atoms with van der Waals surface area (Å²) in [6, 6.07) is 7.71. The number of rotatable bonds is 1. The Morgan fingerprint density at radius 2 is 2.18 bits per heavy atom. The SMILES string of the molecule is CN1Cc2[nH]n(-c3cccc(Br)c3)c(=O)c2C1. The number of aromatic amines is 1. The molecule has 1 aliphatic rings. The number of H-pyrrole nitrogens is 1. The summed E-state index contributed by atoms with van der Waals surface area (Å²) in [6.45, 7) is 1.54. The van der Waals surface area contributed by atoms with E-state index in [0.717, 1.165) is 34.5 Å². The lowest BCUT2D eigenvalue weighted by Crippen LogP contribution is -2.20. The van der Waals surface area contributed by atoms with Gasteiger partial charge in [0, 0.05) is 17.6 Å². The predicted octanol–water partition coefficient (Wildman–Crippen LogP) is 1.87. The van der Waals surface area contributed by atoms with Crippen LogP contribution in [-0.4, -0.2) is 21.7 Å². The molecule has 0 unspecified atom stereocenters. The molecule has 2 aromatic rings. The van der Waals surface area contributed by atoms with Crippen LogP contribution >= 0.6 is 15.9 Å². The van der Waals surface area contributed by atoms with Crippen molar-refractivity contribution in [1.29, 1.82) is 0 Å². The third kappa shape index (κ3) is 1.75. The molecule has 0 saturated heterocycles. The van der Waals surface area contributed by atoms with Crippen LogP contribution in [0.25, 0.3) is 5.69 Å². The van der Waals surface area contributed by atoms with E-state index in [9.17, 15) is 4.79 Å². The van der Waals surface area contributed by atoms with Crippen LogP contribution in [0.4, 0.5) is 0 Å². The number of nitrogens with one attached hydrogen (secondary N) is 1. The highest BCUT2D eigenvalue weighted by molar-refractivity contribution is 9.10. The van der Waals surface area contributed by atoms with Crippen LogP contribution in [0.2, 0.25) is 0 Å². The van der Waals surface area contributed by atoms with E-state index >= 15 is 0 Å². The molecular weight excluding hydrogens is 282 g/mol. The van der Waals surface area contributed by atoms with Gasteiger partial charge in [-0.05, 0) is 25.2 Å². The normalized spacial score (nSPS) is 15.2. The molecule has 0 spiro atoms. The molecule has 3 rings (SSSR count). The Labute approximate surface area is 107 Å². The van der Waals surface area contributed by atoms with Gasteiger partial charge in [-0.1, -0.05) is 22.0 Å². The zero-order valence-electron chi connectivity index (χ0n) is 9.40. The van der Waals surface area contributed by atoms with Crippen LogP contribution in [0, 0.1) is 0 Å². The molecule has 1 aliphatic heterocycles. The van der Waals surface area contributed by atoms with Gasteiger partial charge >= 0.3 is 0 Å². The van der Waals surface area contributed by atoms with Gasteiger partial charge < -0.3 is 0 Å². The van der Waals surface area contributed by atoms with Gasteiger partial charge in [-0.25, -0.2) is 4.68 Å². The molecule has 0 radical (unpaired) electrons. The topological polar surface area (TPSA) is 41.0 Å². The van der Waals surface area contributed by atoms with E-state index in [4.69, 9.17) is 0 Å². The van der Waals surface area contributed by atoms with E-state index in [1.807, 2.05) is 31.3 Å². The molecule has 4 nitrogen and oxygen atoms in total. The maximum absolute atomic E-state index is 12.2. The molecule has 1 N–H and O–H groups in total. The molecule has 0 fully saturated rings. The van der Waals surface area contributed by atoms with E-state index in [1.165, 1.54) is 0 Å². The van der Waals surface area contributed by atoms with Crippen LogP contribution in [0.1, 0.15) is 11.3 Å². The summed E-state index contributed by atoms with van der Waals surface area (Å²) in [6.07, 6.45) is 0. The summed E-state index contributed by atoms with van der Waals surface area (Å²) in [4.78, 5) is 14.3. The third-order valence-corrected chi connectivity index (χ3v) is 3.49. The molecular formula is C12H12BrN3O. The van der Waals surface area contributed by atoms with Crippen LogP contribution in [-0.2, 0) is 13.1 Å². The smallest absolute Gasteiger partial charge is 0.276 e. The van der Waals surface area contributed by atoms with E-state index in [1.54, 1.807) is 4.68 Å². The van der Waals surface area contributed by atoms with Crippen molar-refractivity contribution in [2.45, 2.75) is 13.1 Å². The average Bonchev–Trinajstić information content (AvgIpc) is 2.78. The number of hydrogen-bond acceptors (Lipinski definition) is 2. The van der Waals surface area contributed by atoms with Crippen molar-refractivity contribution in [2.75, 3.05) is 7.05 Å². The number of aromatic nitrogens is 2. The molecule has 88 valence electrons. The van der Waals surface area contributed by atoms with E-state index < -0.39 is 0 Å². The summed E-state index contributed by atoms with van der Waals surface area (Å²) >= 11 is 3.41. The lowest BCUT2D eigenvalue weighted by atomic mass is 10.3. The van der Waals surface area contributed by atoms with Crippen molar-refractivity contribution in [1.82, 2.24) is 14.7 Å². The number of halogens is 1. The zero-order chi connectivity index (χ0) is 12.0. The quantitative estimate of drug-likeness (QED) is 0.872. The number of benzene rings is 1. The minimum absolute atomic E-state index is 0.0578. The van der Waals surface area contributed by atoms with Gasteiger partial charge in [0.15, 0.2) is 0 Å². The molecule has 0 atom stereocenters. The Balaban J connectivity index is 2.13. The van der Waals surface area contributed by atoms with Gasteiger partial charge in [0.2, 0.25) is 0 Å². The predicted molar refractivity (Wildman–Crippen MR) is 69.3 cm³/mol. The van der Waals surface area contributed by atoms with E-state index in [0.29, 0.717) is 0 Å². The van der Waals surface area contributed by atoms with E-state index in [2.05, 4.69) is 25.9 Å². The molecule has 5 heteroatoms. The molecule has 0 amide bonds. The van der Waals surface area contributed by atoms with Crippen molar-refractivity contribution in [2.24, 2.45) is 0 Å². The molecule has 0 saturated carbocycles. The average molecular weight is 294 g/mol. The summed E-state index contributed by atoms with van der Waals surface area (Å²) in [5.74, 6) is 0. The van der Waals surface area contributed by atoms with Gasteiger partial charge in [0.1, 0.15) is 0 Å². The summed E-state index contributed by atoms with van der Waals surface area (Å²) in [5, 5.41) is 3.18. The number of fused-ring (bicyclic) bond motifs is 1. The fourth-order valence-corrected chi connectivity index (χ4v) is 2.59. The van der Waals surface area contributed by atoms with Crippen molar-refractivity contribution in [3.05, 3.63) is 50.3 Å². The maximum Gasteiger partial charge on any atom is 0.276 e. The maximum atomic E-state index is 12.2. The Bertz CT molecular complexity index is 629. The first-order valence-electron chi connectivity index (χ1n) is 5.42. The zero-order valence-corrected chi connectivity index (χ0v) is 11.0. The van der Waals surface area contributed by atoms with Gasteiger partial charge in [-0.2, -0.15) is 0 Å². The van der Waals surface area contributed by atoms with Crippen LogP contribution in [0.5, 0.6) is 0 Å². The van der Waals surface area contributed by atoms with Crippen molar-refractivity contribution in [3.8, 4) is 5.69 Å². The standard InChI is InChI=1S/C12H12BrN3O/c1-15-6-10-11(7-15)14-16(12(10)17)9-4-2-3-8(13)5-9/h2-5,14H,6-7H2,1H3. The van der Waals surface area contributed by atoms with Gasteiger partial charge in [-0.3, -0.25) is 14.8 Å². The first-order chi connectivity index (χ1) is 8.15. The highest BCUT2D eigenvalue weighted by Crippen LogP contribution is 2.19. The minimum Gasteiger partial charge on any atom is -0.296 e. The monoisotopic (exact) mass is 293 g/mol. The van der Waals surface area contributed by atoms with Crippen LogP contribution in [0.3, 0.4) is 0 Å². The third-order valence-electron chi connectivity index (χ3n) is 2.99. The second-order valence-corrected chi connectivity index (χ2v) is 5.28. The van der Waals surface area contributed by atoms with Gasteiger partial charge in [0.05, 0.1) is 16.9 Å². The fraction of sp³-hybridized carbons (Fsp3) is 0.250. The highest BCUT2D eigenvalue weighted by atomic mass is 79.9. The minimum atomic E-state index is 0.0578. The number of hydrogen-bond donors (Lipinski definition) is 1. The van der Waals surface area contributed by atoms with Crippen LogP contribution in [0.15, 0.2) is 33.5 Å². The first-order valence-corrected chi connectivity index (χ1v) is 6.22. The molecule has 1 aromatic heterocycles. The van der Waals surface area contributed by atoms with Crippen LogP contribution < -0.4 is 5.56 Å². The molecule has 2 heterocycles. The highest BCUT2D eigenvalue weighted by Gasteiger charge is 2.23. The second-order valence-electron chi connectivity index (χ2n) is 4.36. The number of nitrogens with zero attached hydrogens (tertiary/aromatic N) is 2. The fourth-order valence-electron chi connectivity index (χ4n) is 2.20. The first kappa shape index (κ1) is 10.8. The Kier molecular flexibility index (Phi) is 2.45. The summed E-state index contributed by atoms with van der Waals surface area (Å²) < 4.78 is 2.58. The molecule has 0 aliphatic carbocycles. The summed E-state index contributed by atoms with van der Waals surface area (Å²) in [5.41, 5.74) is 2.83. The Morgan fingerprint density at radius 3 is 2.88 bits per heavy atom. The van der Waals surface area contributed by atoms with Crippen molar-refractivity contribution < 1.29 is 0 Å².